The van der Waals surface area contributed by atoms with E-state index in [1.54, 1.807) is 23.2 Å². The summed E-state index contributed by atoms with van der Waals surface area (Å²) in [5.74, 6) is 1.08. The van der Waals surface area contributed by atoms with E-state index in [4.69, 9.17) is 4.74 Å². The predicted octanol–water partition coefficient (Wildman–Crippen LogP) is 2.87. The lowest BCUT2D eigenvalue weighted by molar-refractivity contribution is 0.0170. The van der Waals surface area contributed by atoms with Crippen LogP contribution in [0.1, 0.15) is 33.6 Å². The number of anilines is 1. The number of aromatic nitrogens is 1. The van der Waals surface area contributed by atoms with Crippen LogP contribution in [0.25, 0.3) is 0 Å². The van der Waals surface area contributed by atoms with Gasteiger partial charge in [-0.2, -0.15) is 0 Å². The molecule has 0 unspecified atom stereocenters. The van der Waals surface area contributed by atoms with Gasteiger partial charge in [0, 0.05) is 32.9 Å². The lowest BCUT2D eigenvalue weighted by Crippen LogP contribution is -2.45. The van der Waals surface area contributed by atoms with Gasteiger partial charge in [0.15, 0.2) is 11.6 Å². The van der Waals surface area contributed by atoms with Crippen LogP contribution in [0.15, 0.2) is 18.3 Å². The highest BCUT2D eigenvalue weighted by atomic mass is 16.6. The van der Waals surface area contributed by atoms with E-state index in [1.807, 2.05) is 32.7 Å². The largest absolute Gasteiger partial charge is 0.504 e. The van der Waals surface area contributed by atoms with Gasteiger partial charge in [-0.05, 0) is 51.7 Å². The quantitative estimate of drug-likeness (QED) is 0.927. The van der Waals surface area contributed by atoms with Gasteiger partial charge in [-0.1, -0.05) is 0 Å². The summed E-state index contributed by atoms with van der Waals surface area (Å²) in [5, 5.41) is 9.89. The van der Waals surface area contributed by atoms with E-state index < -0.39 is 5.60 Å². The number of carbonyl (C=O) groups excluding carboxylic acids is 1. The van der Waals surface area contributed by atoms with Crippen LogP contribution >= 0.6 is 0 Å². The molecule has 0 radical (unpaired) electrons. The molecule has 128 valence electrons. The Morgan fingerprint density at radius 3 is 2.91 bits per heavy atom. The van der Waals surface area contributed by atoms with Crippen LogP contribution in [0.5, 0.6) is 5.75 Å². The van der Waals surface area contributed by atoms with Crippen molar-refractivity contribution in [2.24, 2.45) is 5.92 Å². The highest BCUT2D eigenvalue weighted by Crippen LogP contribution is 2.25. The van der Waals surface area contributed by atoms with Crippen molar-refractivity contribution in [3.05, 3.63) is 18.3 Å². The van der Waals surface area contributed by atoms with E-state index in [0.29, 0.717) is 18.3 Å². The topological polar surface area (TPSA) is 65.9 Å². The van der Waals surface area contributed by atoms with E-state index in [0.717, 1.165) is 25.9 Å². The van der Waals surface area contributed by atoms with Crippen molar-refractivity contribution in [3.63, 3.8) is 0 Å². The molecule has 2 rings (SSSR count). The fraction of sp³-hybridized carbons (Fsp3) is 0.647. The van der Waals surface area contributed by atoms with Crippen molar-refractivity contribution in [2.75, 3.05) is 31.6 Å². The normalized spacial score (nSPS) is 18.6. The molecule has 1 N–H and O–H groups in total. The third-order valence-electron chi connectivity index (χ3n) is 3.83. The number of rotatable bonds is 3. The minimum atomic E-state index is -0.472. The molecule has 2 heterocycles. The summed E-state index contributed by atoms with van der Waals surface area (Å²) >= 11 is 0. The van der Waals surface area contributed by atoms with Gasteiger partial charge in [0.05, 0.1) is 0 Å². The van der Waals surface area contributed by atoms with Crippen LogP contribution in [0, 0.1) is 5.92 Å². The number of pyridine rings is 1. The number of hydrogen-bond acceptors (Lipinski definition) is 5. The first-order valence-corrected chi connectivity index (χ1v) is 8.09. The molecule has 1 aliphatic heterocycles. The minimum Gasteiger partial charge on any atom is -0.504 e. The van der Waals surface area contributed by atoms with E-state index in [-0.39, 0.29) is 11.8 Å². The SMILES string of the molecule is CN(C[C@H]1CCCN(C(=O)OC(C)(C)C)C1)c1ncccc1O. The van der Waals surface area contributed by atoms with Crippen LogP contribution in [0.4, 0.5) is 10.6 Å². The second-order valence-corrected chi connectivity index (χ2v) is 7.16. The molecular weight excluding hydrogens is 294 g/mol. The van der Waals surface area contributed by atoms with Gasteiger partial charge >= 0.3 is 6.09 Å². The zero-order valence-corrected chi connectivity index (χ0v) is 14.5. The van der Waals surface area contributed by atoms with E-state index in [9.17, 15) is 9.90 Å². The number of carbonyl (C=O) groups is 1. The number of hydrogen-bond donors (Lipinski definition) is 1. The van der Waals surface area contributed by atoms with Gasteiger partial charge in [-0.25, -0.2) is 9.78 Å². The highest BCUT2D eigenvalue weighted by Gasteiger charge is 2.28. The first-order chi connectivity index (χ1) is 10.8. The van der Waals surface area contributed by atoms with Crippen molar-refractivity contribution >= 4 is 11.9 Å². The van der Waals surface area contributed by atoms with Crippen LogP contribution < -0.4 is 4.90 Å². The maximum Gasteiger partial charge on any atom is 0.410 e. The Balaban J connectivity index is 1.94. The zero-order valence-electron chi connectivity index (χ0n) is 14.5. The molecule has 6 nitrogen and oxygen atoms in total. The third kappa shape index (κ3) is 5.01. The van der Waals surface area contributed by atoms with Crippen LogP contribution in [0.2, 0.25) is 0 Å². The Kier molecular flexibility index (Phi) is 5.34. The summed E-state index contributed by atoms with van der Waals surface area (Å²) in [4.78, 5) is 20.2. The lowest BCUT2D eigenvalue weighted by Gasteiger charge is -2.35. The van der Waals surface area contributed by atoms with Crippen molar-refractivity contribution in [1.82, 2.24) is 9.88 Å². The molecule has 1 amide bonds. The van der Waals surface area contributed by atoms with Crippen molar-refractivity contribution in [1.29, 1.82) is 0 Å². The molecular formula is C17H27N3O3. The van der Waals surface area contributed by atoms with Gasteiger partial charge in [0.25, 0.3) is 0 Å². The maximum atomic E-state index is 12.2. The van der Waals surface area contributed by atoms with Gasteiger partial charge < -0.3 is 19.6 Å². The molecule has 1 aliphatic rings. The van der Waals surface area contributed by atoms with Gasteiger partial charge in [0.1, 0.15) is 5.60 Å². The first kappa shape index (κ1) is 17.4. The Morgan fingerprint density at radius 2 is 2.26 bits per heavy atom. The molecule has 23 heavy (non-hydrogen) atoms. The molecule has 1 fully saturated rings. The molecule has 1 aromatic heterocycles. The predicted molar refractivity (Wildman–Crippen MR) is 89.7 cm³/mol. The Bertz CT molecular complexity index is 542. The number of piperidine rings is 1. The average molecular weight is 321 g/mol. The van der Waals surface area contributed by atoms with Gasteiger partial charge in [0.2, 0.25) is 0 Å². The summed E-state index contributed by atoms with van der Waals surface area (Å²) in [6.45, 7) is 7.79. The van der Waals surface area contributed by atoms with Crippen LogP contribution in [-0.4, -0.2) is 53.4 Å². The molecule has 0 spiro atoms. The fourth-order valence-corrected chi connectivity index (χ4v) is 2.86. The van der Waals surface area contributed by atoms with E-state index in [2.05, 4.69) is 4.98 Å². The van der Waals surface area contributed by atoms with E-state index >= 15 is 0 Å². The van der Waals surface area contributed by atoms with Gasteiger partial charge in [-0.15, -0.1) is 0 Å². The number of aromatic hydroxyl groups is 1. The Labute approximate surface area is 138 Å². The van der Waals surface area contributed by atoms with Crippen LogP contribution in [0.3, 0.4) is 0 Å². The zero-order chi connectivity index (χ0) is 17.0. The number of likely N-dealkylation sites (tertiary alicyclic amines) is 1. The molecule has 6 heteroatoms. The van der Waals surface area contributed by atoms with Crippen molar-refractivity contribution < 1.29 is 14.6 Å². The summed E-state index contributed by atoms with van der Waals surface area (Å²) in [6.07, 6.45) is 3.44. The van der Waals surface area contributed by atoms with Crippen molar-refractivity contribution in [2.45, 2.75) is 39.2 Å². The number of nitrogens with zero attached hydrogens (tertiary/aromatic N) is 3. The molecule has 1 atom stereocenters. The lowest BCUT2D eigenvalue weighted by atomic mass is 9.98. The average Bonchev–Trinajstić information content (AvgIpc) is 2.46. The summed E-state index contributed by atoms with van der Waals surface area (Å²) < 4.78 is 5.46. The maximum absolute atomic E-state index is 12.2. The fourth-order valence-electron chi connectivity index (χ4n) is 2.86. The second-order valence-electron chi connectivity index (χ2n) is 7.16. The molecule has 0 aromatic carbocycles. The molecule has 1 aromatic rings. The summed E-state index contributed by atoms with van der Waals surface area (Å²) in [7, 11) is 1.91. The molecule has 0 aliphatic carbocycles. The molecule has 0 saturated carbocycles. The highest BCUT2D eigenvalue weighted by molar-refractivity contribution is 5.68. The molecule has 0 bridgehead atoms. The summed E-state index contributed by atoms with van der Waals surface area (Å²) in [5.41, 5.74) is -0.472. The monoisotopic (exact) mass is 321 g/mol. The first-order valence-electron chi connectivity index (χ1n) is 8.09. The number of amides is 1. The standard InChI is InChI=1S/C17H27N3O3/c1-17(2,3)23-16(22)20-10-6-7-13(12-20)11-19(4)15-14(21)8-5-9-18-15/h5,8-9,13,21H,6-7,10-12H2,1-4H3/t13-/m1/s1. The Morgan fingerprint density at radius 1 is 1.52 bits per heavy atom. The van der Waals surface area contributed by atoms with Crippen LogP contribution in [-0.2, 0) is 4.74 Å². The van der Waals surface area contributed by atoms with Gasteiger partial charge in [-0.3, -0.25) is 0 Å². The number of ether oxygens (including phenoxy) is 1. The third-order valence-corrected chi connectivity index (χ3v) is 3.83. The molecule has 1 saturated heterocycles. The van der Waals surface area contributed by atoms with Crippen molar-refractivity contribution in [3.8, 4) is 5.75 Å². The minimum absolute atomic E-state index is 0.176. The van der Waals surface area contributed by atoms with E-state index in [1.165, 1.54) is 0 Å². The second kappa shape index (κ2) is 7.06. The smallest absolute Gasteiger partial charge is 0.410 e. The Hall–Kier alpha value is -1.98. The summed E-state index contributed by atoms with van der Waals surface area (Å²) in [6, 6.07) is 3.34.